The summed E-state index contributed by atoms with van der Waals surface area (Å²) in [6.45, 7) is 0.896. The van der Waals surface area contributed by atoms with Crippen molar-refractivity contribution >= 4 is 27.3 Å². The van der Waals surface area contributed by atoms with E-state index in [-0.39, 0.29) is 0 Å². The SMILES string of the molecule is CNCc1cc(-c2c(Br)nnn2C)cs1. The van der Waals surface area contributed by atoms with Crippen molar-refractivity contribution in [2.24, 2.45) is 7.05 Å². The van der Waals surface area contributed by atoms with E-state index in [1.807, 2.05) is 14.1 Å². The number of rotatable bonds is 3. The maximum Gasteiger partial charge on any atom is 0.156 e. The van der Waals surface area contributed by atoms with Gasteiger partial charge in [-0.3, -0.25) is 0 Å². The summed E-state index contributed by atoms with van der Waals surface area (Å²) in [4.78, 5) is 1.31. The Morgan fingerprint density at radius 3 is 3.00 bits per heavy atom. The quantitative estimate of drug-likeness (QED) is 0.939. The molecule has 0 fully saturated rings. The van der Waals surface area contributed by atoms with Gasteiger partial charge in [-0.15, -0.1) is 16.4 Å². The Morgan fingerprint density at radius 1 is 1.60 bits per heavy atom. The molecule has 1 N–H and O–H groups in total. The highest BCUT2D eigenvalue weighted by atomic mass is 79.9. The molecule has 0 saturated heterocycles. The molecule has 2 aromatic heterocycles. The van der Waals surface area contributed by atoms with Gasteiger partial charge in [0.05, 0.1) is 0 Å². The van der Waals surface area contributed by atoms with Crippen molar-refractivity contribution in [1.82, 2.24) is 20.3 Å². The summed E-state index contributed by atoms with van der Waals surface area (Å²) < 4.78 is 2.56. The van der Waals surface area contributed by atoms with E-state index in [0.29, 0.717) is 0 Å². The molecule has 0 bridgehead atoms. The van der Waals surface area contributed by atoms with E-state index in [1.165, 1.54) is 4.88 Å². The van der Waals surface area contributed by atoms with E-state index in [0.717, 1.165) is 22.4 Å². The second-order valence-corrected chi connectivity index (χ2v) is 4.93. The molecule has 80 valence electrons. The molecule has 6 heteroatoms. The second-order valence-electron chi connectivity index (χ2n) is 3.18. The third kappa shape index (κ3) is 2.11. The highest BCUT2D eigenvalue weighted by Gasteiger charge is 2.11. The molecular weight excluding hydrogens is 276 g/mol. The molecule has 15 heavy (non-hydrogen) atoms. The first-order valence-electron chi connectivity index (χ1n) is 4.50. The van der Waals surface area contributed by atoms with Crippen LogP contribution >= 0.6 is 27.3 Å². The van der Waals surface area contributed by atoms with Gasteiger partial charge in [0.1, 0.15) is 5.69 Å². The average molecular weight is 287 g/mol. The molecule has 0 spiro atoms. The molecule has 2 aromatic rings. The van der Waals surface area contributed by atoms with Gasteiger partial charge in [0, 0.05) is 29.4 Å². The zero-order valence-corrected chi connectivity index (χ0v) is 10.9. The van der Waals surface area contributed by atoms with Crippen molar-refractivity contribution in [3.05, 3.63) is 20.9 Å². The Bertz CT molecular complexity index is 443. The third-order valence-corrected chi connectivity index (χ3v) is 3.53. The first-order chi connectivity index (χ1) is 7.22. The van der Waals surface area contributed by atoms with Gasteiger partial charge < -0.3 is 5.32 Å². The molecule has 0 aliphatic heterocycles. The van der Waals surface area contributed by atoms with Crippen LogP contribution in [-0.2, 0) is 13.6 Å². The molecule has 0 saturated carbocycles. The Kier molecular flexibility index (Phi) is 3.18. The van der Waals surface area contributed by atoms with E-state index in [9.17, 15) is 0 Å². The normalized spacial score (nSPS) is 10.9. The van der Waals surface area contributed by atoms with Crippen molar-refractivity contribution in [1.29, 1.82) is 0 Å². The van der Waals surface area contributed by atoms with Crippen LogP contribution in [-0.4, -0.2) is 22.0 Å². The zero-order chi connectivity index (χ0) is 10.8. The topological polar surface area (TPSA) is 42.7 Å². The van der Waals surface area contributed by atoms with Crippen LogP contribution in [0.2, 0.25) is 0 Å². The molecule has 0 unspecified atom stereocenters. The molecule has 2 heterocycles. The lowest BCUT2D eigenvalue weighted by molar-refractivity contribution is 0.720. The van der Waals surface area contributed by atoms with Gasteiger partial charge in [0.2, 0.25) is 0 Å². The molecular formula is C9H11BrN4S. The largest absolute Gasteiger partial charge is 0.315 e. The van der Waals surface area contributed by atoms with Crippen LogP contribution in [0.5, 0.6) is 0 Å². The number of nitrogens with one attached hydrogen (secondary N) is 1. The summed E-state index contributed by atoms with van der Waals surface area (Å²) in [6.07, 6.45) is 0. The van der Waals surface area contributed by atoms with Crippen molar-refractivity contribution in [2.75, 3.05) is 7.05 Å². The first-order valence-corrected chi connectivity index (χ1v) is 6.17. The number of nitrogens with zero attached hydrogens (tertiary/aromatic N) is 3. The standard InChI is InChI=1S/C9H11BrN4S/c1-11-4-7-3-6(5-15-7)8-9(10)12-13-14(8)2/h3,5,11H,4H2,1-2H3. The zero-order valence-electron chi connectivity index (χ0n) is 8.49. The van der Waals surface area contributed by atoms with Gasteiger partial charge in [-0.1, -0.05) is 5.21 Å². The summed E-state index contributed by atoms with van der Waals surface area (Å²) in [6, 6.07) is 2.16. The van der Waals surface area contributed by atoms with Crippen LogP contribution < -0.4 is 5.32 Å². The molecule has 0 atom stereocenters. The molecule has 0 aliphatic rings. The Labute approximate surface area is 100 Å². The molecule has 0 aliphatic carbocycles. The predicted molar refractivity (Wildman–Crippen MR) is 64.8 cm³/mol. The van der Waals surface area contributed by atoms with Crippen molar-refractivity contribution < 1.29 is 0 Å². The van der Waals surface area contributed by atoms with Gasteiger partial charge >= 0.3 is 0 Å². The fourth-order valence-corrected chi connectivity index (χ4v) is 2.85. The van der Waals surface area contributed by atoms with Crippen molar-refractivity contribution in [3.8, 4) is 11.3 Å². The van der Waals surface area contributed by atoms with E-state index in [1.54, 1.807) is 16.0 Å². The summed E-state index contributed by atoms with van der Waals surface area (Å²) in [5, 5.41) is 13.2. The number of thiophene rings is 1. The summed E-state index contributed by atoms with van der Waals surface area (Å²) in [5.41, 5.74) is 2.18. The van der Waals surface area contributed by atoms with Gasteiger partial charge in [-0.25, -0.2) is 4.68 Å². The second kappa shape index (κ2) is 4.42. The summed E-state index contributed by atoms with van der Waals surface area (Å²) >= 11 is 5.13. The fourth-order valence-electron chi connectivity index (χ4n) is 1.41. The minimum Gasteiger partial charge on any atom is -0.315 e. The smallest absolute Gasteiger partial charge is 0.156 e. The average Bonchev–Trinajstić information content (AvgIpc) is 2.75. The third-order valence-electron chi connectivity index (χ3n) is 2.06. The minimum absolute atomic E-state index is 0.791. The summed E-state index contributed by atoms with van der Waals surface area (Å²) in [5.74, 6) is 0. The predicted octanol–water partition coefficient (Wildman–Crippen LogP) is 2.03. The van der Waals surface area contributed by atoms with Crippen molar-refractivity contribution in [2.45, 2.75) is 6.54 Å². The van der Waals surface area contributed by atoms with Gasteiger partial charge in [0.25, 0.3) is 0 Å². The number of aromatic nitrogens is 3. The highest BCUT2D eigenvalue weighted by molar-refractivity contribution is 9.10. The monoisotopic (exact) mass is 286 g/mol. The maximum absolute atomic E-state index is 3.97. The van der Waals surface area contributed by atoms with Gasteiger partial charge in [0.15, 0.2) is 4.60 Å². The lowest BCUT2D eigenvalue weighted by Crippen LogP contribution is -2.02. The number of aryl methyl sites for hydroxylation is 1. The van der Waals surface area contributed by atoms with E-state index in [2.05, 4.69) is 43.0 Å². The highest BCUT2D eigenvalue weighted by Crippen LogP contribution is 2.29. The Hall–Kier alpha value is -0.720. The first kappa shape index (κ1) is 10.8. The lowest BCUT2D eigenvalue weighted by atomic mass is 10.2. The van der Waals surface area contributed by atoms with E-state index < -0.39 is 0 Å². The molecule has 2 rings (SSSR count). The fraction of sp³-hybridized carbons (Fsp3) is 0.333. The lowest BCUT2D eigenvalue weighted by Gasteiger charge is -1.97. The van der Waals surface area contributed by atoms with E-state index in [4.69, 9.17) is 0 Å². The molecule has 0 aromatic carbocycles. The van der Waals surface area contributed by atoms with Crippen LogP contribution in [0.4, 0.5) is 0 Å². The number of hydrogen-bond donors (Lipinski definition) is 1. The molecule has 0 radical (unpaired) electrons. The van der Waals surface area contributed by atoms with Crippen molar-refractivity contribution in [3.63, 3.8) is 0 Å². The minimum atomic E-state index is 0.791. The van der Waals surface area contributed by atoms with Gasteiger partial charge in [-0.2, -0.15) is 0 Å². The molecule has 4 nitrogen and oxygen atoms in total. The van der Waals surface area contributed by atoms with Crippen LogP contribution in [0.25, 0.3) is 11.3 Å². The van der Waals surface area contributed by atoms with Crippen LogP contribution in [0.3, 0.4) is 0 Å². The van der Waals surface area contributed by atoms with E-state index >= 15 is 0 Å². The molecule has 0 amide bonds. The number of halogens is 1. The van der Waals surface area contributed by atoms with Crippen LogP contribution in [0.15, 0.2) is 16.0 Å². The Balaban J connectivity index is 2.37. The number of hydrogen-bond acceptors (Lipinski definition) is 4. The maximum atomic E-state index is 3.97. The summed E-state index contributed by atoms with van der Waals surface area (Å²) in [7, 11) is 3.84. The van der Waals surface area contributed by atoms with Gasteiger partial charge in [-0.05, 0) is 29.0 Å². The Morgan fingerprint density at radius 2 is 2.40 bits per heavy atom. The van der Waals surface area contributed by atoms with Crippen LogP contribution in [0, 0.1) is 0 Å². The van der Waals surface area contributed by atoms with Crippen LogP contribution in [0.1, 0.15) is 4.88 Å².